The van der Waals surface area contributed by atoms with Crippen LogP contribution in [0.5, 0.6) is 0 Å². The van der Waals surface area contributed by atoms with Gasteiger partial charge in [-0.05, 0) is 36.0 Å². The van der Waals surface area contributed by atoms with E-state index in [0.29, 0.717) is 6.54 Å². The highest BCUT2D eigenvalue weighted by molar-refractivity contribution is 5.82. The molecule has 0 aromatic heterocycles. The number of hydrogen-bond acceptors (Lipinski definition) is 2. The maximum atomic E-state index is 13.2. The lowest BCUT2D eigenvalue weighted by Gasteiger charge is -2.33. The average molecular weight is 307 g/mol. The van der Waals surface area contributed by atoms with Gasteiger partial charge < -0.3 is 10.4 Å². The van der Waals surface area contributed by atoms with Gasteiger partial charge in [-0.15, -0.1) is 0 Å². The van der Waals surface area contributed by atoms with Crippen molar-refractivity contribution >= 4 is 5.91 Å². The molecule has 0 saturated heterocycles. The lowest BCUT2D eigenvalue weighted by Crippen LogP contribution is -2.44. The van der Waals surface area contributed by atoms with Gasteiger partial charge >= 0.3 is 0 Å². The van der Waals surface area contributed by atoms with Gasteiger partial charge in [0.1, 0.15) is 5.82 Å². The van der Waals surface area contributed by atoms with Crippen LogP contribution in [0.3, 0.4) is 0 Å². The highest BCUT2D eigenvalue weighted by Gasteiger charge is 2.44. The van der Waals surface area contributed by atoms with E-state index >= 15 is 0 Å². The Morgan fingerprint density at radius 1 is 1.45 bits per heavy atom. The van der Waals surface area contributed by atoms with Gasteiger partial charge in [0, 0.05) is 17.9 Å². The van der Waals surface area contributed by atoms with Crippen molar-refractivity contribution in [3.8, 4) is 0 Å². The third kappa shape index (κ3) is 3.86. The molecule has 2 N–H and O–H groups in total. The van der Waals surface area contributed by atoms with Crippen LogP contribution >= 0.6 is 0 Å². The Hall–Kier alpha value is -1.42. The number of aliphatic hydroxyl groups excluding tert-OH is 1. The van der Waals surface area contributed by atoms with Crippen molar-refractivity contribution in [1.82, 2.24) is 5.32 Å². The van der Waals surface area contributed by atoms with E-state index in [-0.39, 0.29) is 34.9 Å². The van der Waals surface area contributed by atoms with Gasteiger partial charge in [-0.25, -0.2) is 4.39 Å². The van der Waals surface area contributed by atoms with Gasteiger partial charge in [-0.1, -0.05) is 39.8 Å². The number of halogens is 1. The molecule has 22 heavy (non-hydrogen) atoms. The van der Waals surface area contributed by atoms with Crippen LogP contribution in [0.4, 0.5) is 4.39 Å². The molecule has 1 aliphatic carbocycles. The standard InChI is InChI=1S/C18H26FNO2/c1-11(2)16(21)18(3,4)10-20-17(22)15-9-14(15)12-6-5-7-13(19)8-12/h5-8,11,14-16,21H,9-10H2,1-4H3,(H,20,22). The molecule has 3 atom stereocenters. The summed E-state index contributed by atoms with van der Waals surface area (Å²) in [4.78, 5) is 12.2. The normalized spacial score (nSPS) is 22.5. The van der Waals surface area contributed by atoms with E-state index in [0.717, 1.165) is 12.0 Å². The van der Waals surface area contributed by atoms with Crippen LogP contribution in [0, 0.1) is 23.1 Å². The summed E-state index contributed by atoms with van der Waals surface area (Å²) in [6.07, 6.45) is 0.300. The van der Waals surface area contributed by atoms with Gasteiger partial charge in [0.2, 0.25) is 5.91 Å². The second-order valence-corrected chi connectivity index (χ2v) is 7.40. The number of aliphatic hydroxyl groups is 1. The van der Waals surface area contributed by atoms with E-state index in [1.54, 1.807) is 6.07 Å². The molecular weight excluding hydrogens is 281 g/mol. The van der Waals surface area contributed by atoms with Gasteiger partial charge in [-0.2, -0.15) is 0 Å². The molecule has 1 saturated carbocycles. The van der Waals surface area contributed by atoms with E-state index in [4.69, 9.17) is 0 Å². The summed E-state index contributed by atoms with van der Waals surface area (Å²) >= 11 is 0. The lowest BCUT2D eigenvalue weighted by molar-refractivity contribution is -0.123. The molecule has 4 heteroatoms. The minimum atomic E-state index is -0.467. The predicted molar refractivity (Wildman–Crippen MR) is 84.9 cm³/mol. The Balaban J connectivity index is 1.87. The number of amides is 1. The lowest BCUT2D eigenvalue weighted by atomic mass is 9.80. The van der Waals surface area contributed by atoms with Crippen LogP contribution in [0.25, 0.3) is 0 Å². The zero-order chi connectivity index (χ0) is 16.5. The number of nitrogens with one attached hydrogen (secondary N) is 1. The maximum Gasteiger partial charge on any atom is 0.223 e. The third-order valence-corrected chi connectivity index (χ3v) is 4.55. The summed E-state index contributed by atoms with van der Waals surface area (Å²) in [5.41, 5.74) is 0.522. The zero-order valence-electron chi connectivity index (χ0n) is 13.8. The third-order valence-electron chi connectivity index (χ3n) is 4.55. The molecule has 2 rings (SSSR count). The number of rotatable bonds is 6. The van der Waals surface area contributed by atoms with Crippen LogP contribution in [0.15, 0.2) is 24.3 Å². The summed E-state index contributed by atoms with van der Waals surface area (Å²) in [6, 6.07) is 6.47. The van der Waals surface area contributed by atoms with Crippen molar-refractivity contribution < 1.29 is 14.3 Å². The van der Waals surface area contributed by atoms with Crippen LogP contribution in [-0.4, -0.2) is 23.7 Å². The Kier molecular flexibility index (Phi) is 4.90. The highest BCUT2D eigenvalue weighted by Crippen LogP contribution is 2.47. The van der Waals surface area contributed by atoms with E-state index in [1.165, 1.54) is 12.1 Å². The molecule has 1 aliphatic rings. The fourth-order valence-corrected chi connectivity index (χ4v) is 3.04. The highest BCUT2D eigenvalue weighted by atomic mass is 19.1. The molecule has 0 bridgehead atoms. The minimum absolute atomic E-state index is 0.00158. The molecule has 1 amide bonds. The van der Waals surface area contributed by atoms with Crippen molar-refractivity contribution in [1.29, 1.82) is 0 Å². The Morgan fingerprint density at radius 2 is 2.14 bits per heavy atom. The van der Waals surface area contributed by atoms with Crippen LogP contribution < -0.4 is 5.32 Å². The molecule has 0 spiro atoms. The van der Waals surface area contributed by atoms with Crippen LogP contribution in [-0.2, 0) is 4.79 Å². The van der Waals surface area contributed by atoms with Crippen molar-refractivity contribution in [2.45, 2.75) is 46.1 Å². The van der Waals surface area contributed by atoms with Gasteiger partial charge in [0.15, 0.2) is 0 Å². The van der Waals surface area contributed by atoms with Crippen LogP contribution in [0.1, 0.15) is 45.6 Å². The minimum Gasteiger partial charge on any atom is -0.392 e. The summed E-state index contributed by atoms with van der Waals surface area (Å²) in [5.74, 6) is -0.0708. The molecule has 0 aliphatic heterocycles. The second-order valence-electron chi connectivity index (χ2n) is 7.40. The molecule has 0 heterocycles. The largest absolute Gasteiger partial charge is 0.392 e. The van der Waals surface area contributed by atoms with E-state index in [2.05, 4.69) is 5.32 Å². The summed E-state index contributed by atoms with van der Waals surface area (Å²) < 4.78 is 13.2. The number of benzene rings is 1. The van der Waals surface area contributed by atoms with Crippen molar-refractivity contribution in [3.05, 3.63) is 35.6 Å². The first-order valence-corrected chi connectivity index (χ1v) is 7.93. The van der Waals surface area contributed by atoms with Crippen molar-refractivity contribution in [2.24, 2.45) is 17.3 Å². The van der Waals surface area contributed by atoms with E-state index < -0.39 is 6.10 Å². The number of carbonyl (C=O) groups excluding carboxylic acids is 1. The molecular formula is C18H26FNO2. The zero-order valence-corrected chi connectivity index (χ0v) is 13.8. The van der Waals surface area contributed by atoms with Gasteiger partial charge in [-0.3, -0.25) is 4.79 Å². The monoisotopic (exact) mass is 307 g/mol. The number of hydrogen-bond donors (Lipinski definition) is 2. The summed E-state index contributed by atoms with van der Waals surface area (Å²) in [5, 5.41) is 13.1. The second kappa shape index (κ2) is 6.37. The van der Waals surface area contributed by atoms with Crippen LogP contribution in [0.2, 0.25) is 0 Å². The fraction of sp³-hybridized carbons (Fsp3) is 0.611. The Bertz CT molecular complexity index is 542. The predicted octanol–water partition coefficient (Wildman–Crippen LogP) is 3.09. The number of carbonyl (C=O) groups is 1. The van der Waals surface area contributed by atoms with Gasteiger partial charge in [0.25, 0.3) is 0 Å². The summed E-state index contributed by atoms with van der Waals surface area (Å²) in [6.45, 7) is 8.28. The van der Waals surface area contributed by atoms with Crippen molar-refractivity contribution in [2.75, 3.05) is 6.54 Å². The Labute approximate surface area is 131 Å². The first kappa shape index (κ1) is 16.9. The molecule has 3 unspecified atom stereocenters. The quantitative estimate of drug-likeness (QED) is 0.848. The molecule has 0 radical (unpaired) electrons. The topological polar surface area (TPSA) is 49.3 Å². The SMILES string of the molecule is CC(C)C(O)C(C)(C)CNC(=O)C1CC1c1cccc(F)c1. The fourth-order valence-electron chi connectivity index (χ4n) is 3.04. The Morgan fingerprint density at radius 3 is 2.73 bits per heavy atom. The van der Waals surface area contributed by atoms with E-state index in [9.17, 15) is 14.3 Å². The molecule has 1 fully saturated rings. The molecule has 1 aromatic rings. The first-order chi connectivity index (χ1) is 10.2. The smallest absolute Gasteiger partial charge is 0.223 e. The average Bonchev–Trinajstić information content (AvgIpc) is 3.24. The summed E-state index contributed by atoms with van der Waals surface area (Å²) in [7, 11) is 0. The van der Waals surface area contributed by atoms with E-state index in [1.807, 2.05) is 33.8 Å². The van der Waals surface area contributed by atoms with Crippen molar-refractivity contribution in [3.63, 3.8) is 0 Å². The maximum absolute atomic E-state index is 13.2. The first-order valence-electron chi connectivity index (χ1n) is 7.93. The molecule has 122 valence electrons. The molecule has 3 nitrogen and oxygen atoms in total. The molecule has 1 aromatic carbocycles. The van der Waals surface area contributed by atoms with Gasteiger partial charge in [0.05, 0.1) is 6.10 Å².